The predicted octanol–water partition coefficient (Wildman–Crippen LogP) is 3.51. The van der Waals surface area contributed by atoms with E-state index in [1.165, 1.54) is 18.2 Å². The van der Waals surface area contributed by atoms with Gasteiger partial charge >= 0.3 is 0 Å². The third kappa shape index (κ3) is 9.80. The highest BCUT2D eigenvalue weighted by atomic mass is 16.5. The van der Waals surface area contributed by atoms with E-state index in [9.17, 15) is 33.6 Å². The summed E-state index contributed by atoms with van der Waals surface area (Å²) in [6, 6.07) is 11.1. The number of imide groups is 2. The van der Waals surface area contributed by atoms with Crippen molar-refractivity contribution < 1.29 is 38.3 Å². The molecule has 18 heteroatoms. The zero-order valence-corrected chi connectivity index (χ0v) is 34.0. The molecule has 3 aromatic heterocycles. The van der Waals surface area contributed by atoms with Crippen LogP contribution in [0.5, 0.6) is 5.75 Å². The van der Waals surface area contributed by atoms with Crippen molar-refractivity contribution in [1.82, 2.24) is 41.1 Å². The fourth-order valence-corrected chi connectivity index (χ4v) is 8.01. The van der Waals surface area contributed by atoms with Gasteiger partial charge in [-0.05, 0) is 94.5 Å². The van der Waals surface area contributed by atoms with E-state index in [1.807, 2.05) is 24.3 Å². The summed E-state index contributed by atoms with van der Waals surface area (Å²) in [5.74, 6) is -2.01. The minimum atomic E-state index is -1.10. The number of fused-ring (bicyclic) bond motifs is 2. The Morgan fingerprint density at radius 1 is 0.823 bits per heavy atom. The van der Waals surface area contributed by atoms with Gasteiger partial charge in [0.25, 0.3) is 23.6 Å². The van der Waals surface area contributed by atoms with Gasteiger partial charge in [0.15, 0.2) is 6.61 Å². The summed E-state index contributed by atoms with van der Waals surface area (Å²) in [7, 11) is 0. The molecular formula is C44H48N10O8. The Labute approximate surface area is 356 Å². The summed E-state index contributed by atoms with van der Waals surface area (Å²) in [6.07, 6.45) is 12.1. The average Bonchev–Trinajstić information content (AvgIpc) is 4.05. The Morgan fingerprint density at radius 3 is 2.40 bits per heavy atom. The molecule has 2 aliphatic heterocycles. The van der Waals surface area contributed by atoms with Crippen molar-refractivity contribution in [3.8, 4) is 5.75 Å². The van der Waals surface area contributed by atoms with Crippen LogP contribution in [0.25, 0.3) is 10.9 Å². The highest BCUT2D eigenvalue weighted by molar-refractivity contribution is 6.24. The van der Waals surface area contributed by atoms with Gasteiger partial charge in [-0.2, -0.15) is 0 Å². The molecule has 62 heavy (non-hydrogen) atoms. The van der Waals surface area contributed by atoms with E-state index in [0.717, 1.165) is 41.5 Å². The fraction of sp³-hybridized carbons (Fsp3) is 0.409. The zero-order chi connectivity index (χ0) is 43.2. The number of hydrogen-bond donors (Lipinski definition) is 6. The smallest absolute Gasteiger partial charge is 0.266 e. The molecule has 4 aromatic rings. The van der Waals surface area contributed by atoms with Gasteiger partial charge in [0.1, 0.15) is 23.4 Å². The number of ether oxygens (including phenoxy) is 1. The number of nitrogens with one attached hydrogen (secondary N) is 6. The average molecular weight is 845 g/mol. The second-order valence-corrected chi connectivity index (χ2v) is 16.1. The SMILES string of the molecule is O=C(COc1cccc2c1C(=O)N(C1CCC(=O)NC1=O)C2=O)NCCCCCNC(=O)[C@H]1CC[C@H](NC(=O)c2cnc(Nc3ccc4cnccc4n3)cc2NC2CC2)CC1. The van der Waals surface area contributed by atoms with Crippen LogP contribution >= 0.6 is 0 Å². The number of carbonyl (C=O) groups excluding carboxylic acids is 7. The molecule has 4 aliphatic rings. The van der Waals surface area contributed by atoms with Gasteiger partial charge in [0.2, 0.25) is 17.7 Å². The number of piperidine rings is 1. The van der Waals surface area contributed by atoms with Gasteiger partial charge in [0.05, 0.1) is 27.9 Å². The summed E-state index contributed by atoms with van der Waals surface area (Å²) >= 11 is 0. The first-order valence-corrected chi connectivity index (χ1v) is 21.2. The maximum atomic E-state index is 13.5. The van der Waals surface area contributed by atoms with E-state index in [2.05, 4.69) is 46.9 Å². The fourth-order valence-electron chi connectivity index (χ4n) is 8.01. The molecule has 8 rings (SSSR count). The van der Waals surface area contributed by atoms with Crippen molar-refractivity contribution in [1.29, 1.82) is 0 Å². The standard InChI is InChI=1S/C44H48N10O8/c55-37-16-14-33(42(59)53-37)54-43(60)29-5-4-6-34(39(29)44(54)61)62-24-38(56)46-18-2-1-3-19-47-40(57)25-7-10-28(11-8-25)50-41(58)30-23-48-36(21-32(30)49-27-12-13-27)52-35-15-9-26-22-45-20-17-31(26)51-35/h4-6,9,15,17,20-23,25,27-28,33H,1-3,7-8,10-14,16,18-19,24H2,(H,46,56)(H,47,57)(H,50,58)(H,53,55,59)(H2,48,49,51,52)/t25-,28-,33?. The van der Waals surface area contributed by atoms with Gasteiger partial charge in [-0.3, -0.25) is 48.8 Å². The van der Waals surface area contributed by atoms with Gasteiger partial charge < -0.3 is 31.3 Å². The Kier molecular flexibility index (Phi) is 12.6. The molecule has 1 aromatic carbocycles. The van der Waals surface area contributed by atoms with Gasteiger partial charge in [-0.15, -0.1) is 0 Å². The van der Waals surface area contributed by atoms with Crippen molar-refractivity contribution in [3.05, 3.63) is 77.7 Å². The first kappa shape index (κ1) is 41.7. The van der Waals surface area contributed by atoms with Crippen molar-refractivity contribution in [2.45, 2.75) is 88.8 Å². The molecule has 1 saturated heterocycles. The molecule has 0 spiro atoms. The predicted molar refractivity (Wildman–Crippen MR) is 225 cm³/mol. The molecule has 0 bridgehead atoms. The van der Waals surface area contributed by atoms with Crippen LogP contribution in [0.2, 0.25) is 0 Å². The Balaban J connectivity index is 0.712. The molecular weight excluding hydrogens is 797 g/mol. The highest BCUT2D eigenvalue weighted by Gasteiger charge is 2.46. The topological polar surface area (TPSA) is 243 Å². The number of amides is 7. The van der Waals surface area contributed by atoms with E-state index >= 15 is 0 Å². The number of nitrogens with zero attached hydrogens (tertiary/aromatic N) is 4. The monoisotopic (exact) mass is 844 g/mol. The molecule has 18 nitrogen and oxygen atoms in total. The van der Waals surface area contributed by atoms with E-state index in [1.54, 1.807) is 18.6 Å². The molecule has 2 aliphatic carbocycles. The van der Waals surface area contributed by atoms with Crippen molar-refractivity contribution >= 4 is 69.6 Å². The zero-order valence-electron chi connectivity index (χ0n) is 34.0. The molecule has 322 valence electrons. The van der Waals surface area contributed by atoms with Gasteiger partial charge in [-0.25, -0.2) is 9.97 Å². The molecule has 2 saturated carbocycles. The Bertz CT molecular complexity index is 2410. The third-order valence-corrected chi connectivity index (χ3v) is 11.5. The number of anilines is 3. The molecule has 7 amide bonds. The van der Waals surface area contributed by atoms with Gasteiger partial charge in [0, 0.05) is 67.6 Å². The van der Waals surface area contributed by atoms with Crippen molar-refractivity contribution in [3.63, 3.8) is 0 Å². The third-order valence-electron chi connectivity index (χ3n) is 11.5. The quantitative estimate of drug-likeness (QED) is 0.0660. The molecule has 5 heterocycles. The van der Waals surface area contributed by atoms with E-state index < -0.39 is 35.6 Å². The number of aromatic nitrogens is 3. The lowest BCUT2D eigenvalue weighted by molar-refractivity contribution is -0.136. The number of carbonyl (C=O) groups is 7. The first-order valence-electron chi connectivity index (χ1n) is 21.2. The Morgan fingerprint density at radius 2 is 1.61 bits per heavy atom. The van der Waals surface area contributed by atoms with Crippen LogP contribution in [0.1, 0.15) is 102 Å². The lowest BCUT2D eigenvalue weighted by atomic mass is 9.85. The molecule has 6 N–H and O–H groups in total. The van der Waals surface area contributed by atoms with Crippen LogP contribution < -0.4 is 36.6 Å². The minimum absolute atomic E-state index is 0.00739. The number of rotatable bonds is 17. The van der Waals surface area contributed by atoms with Crippen LogP contribution in [-0.2, 0) is 19.2 Å². The first-order chi connectivity index (χ1) is 30.1. The summed E-state index contributed by atoms with van der Waals surface area (Å²) in [5, 5.41) is 18.8. The van der Waals surface area contributed by atoms with Crippen LogP contribution in [0.3, 0.4) is 0 Å². The van der Waals surface area contributed by atoms with Crippen molar-refractivity contribution in [2.24, 2.45) is 5.92 Å². The van der Waals surface area contributed by atoms with Crippen LogP contribution in [0.15, 0.2) is 61.1 Å². The molecule has 1 unspecified atom stereocenters. The summed E-state index contributed by atoms with van der Waals surface area (Å²) in [5.41, 5.74) is 2.04. The van der Waals surface area contributed by atoms with E-state index in [-0.39, 0.29) is 60.1 Å². The maximum absolute atomic E-state index is 13.5. The van der Waals surface area contributed by atoms with Crippen LogP contribution in [0.4, 0.5) is 17.3 Å². The molecule has 3 fully saturated rings. The number of benzene rings is 1. The van der Waals surface area contributed by atoms with E-state index in [0.29, 0.717) is 74.1 Å². The maximum Gasteiger partial charge on any atom is 0.266 e. The van der Waals surface area contributed by atoms with Crippen molar-refractivity contribution in [2.75, 3.05) is 30.3 Å². The second kappa shape index (κ2) is 18.7. The largest absolute Gasteiger partial charge is 0.483 e. The Hall–Kier alpha value is -6.98. The summed E-state index contributed by atoms with van der Waals surface area (Å²) in [4.78, 5) is 103. The summed E-state index contributed by atoms with van der Waals surface area (Å²) in [6.45, 7) is 0.510. The minimum Gasteiger partial charge on any atom is -0.483 e. The number of hydrogen-bond acceptors (Lipinski definition) is 13. The molecule has 1 atom stereocenters. The van der Waals surface area contributed by atoms with Crippen LogP contribution in [0, 0.1) is 5.92 Å². The lowest BCUT2D eigenvalue weighted by Crippen LogP contribution is -2.54. The van der Waals surface area contributed by atoms with Crippen LogP contribution in [-0.4, -0.2) is 99.0 Å². The van der Waals surface area contributed by atoms with E-state index in [4.69, 9.17) is 4.74 Å². The molecule has 0 radical (unpaired) electrons. The summed E-state index contributed by atoms with van der Waals surface area (Å²) < 4.78 is 5.64. The highest BCUT2D eigenvalue weighted by Crippen LogP contribution is 2.34. The van der Waals surface area contributed by atoms with Gasteiger partial charge in [-0.1, -0.05) is 6.07 Å². The lowest BCUT2D eigenvalue weighted by Gasteiger charge is -2.28. The number of unbranched alkanes of at least 4 members (excludes halogenated alkanes) is 2. The second-order valence-electron chi connectivity index (χ2n) is 16.1. The number of pyridine rings is 3. The normalized spacial score (nSPS) is 19.7.